The van der Waals surface area contributed by atoms with Crippen molar-refractivity contribution in [3.8, 4) is 0 Å². The molecule has 0 bridgehead atoms. The maximum absolute atomic E-state index is 13.9. The maximum atomic E-state index is 13.9. The van der Waals surface area contributed by atoms with E-state index in [4.69, 9.17) is 4.55 Å². The van der Waals surface area contributed by atoms with Gasteiger partial charge in [-0.25, -0.2) is 0 Å². The predicted octanol–water partition coefficient (Wildman–Crippen LogP) is 5.12. The molecule has 23 heteroatoms. The first kappa shape index (κ1) is 35.2. The molecule has 0 atom stereocenters. The van der Waals surface area contributed by atoms with Gasteiger partial charge in [-0.1, -0.05) is 0 Å². The number of hydrogen-bond donors (Lipinski definition) is 1. The second-order valence-corrected chi connectivity index (χ2v) is 8.62. The van der Waals surface area contributed by atoms with Crippen molar-refractivity contribution in [2.45, 2.75) is 61.0 Å². The van der Waals surface area contributed by atoms with Crippen molar-refractivity contribution >= 4 is 16.0 Å². The van der Waals surface area contributed by atoms with Crippen molar-refractivity contribution < 1.29 is 92.4 Å². The normalized spacial score (nSPS) is 15.6. The summed E-state index contributed by atoms with van der Waals surface area (Å²) in [6.07, 6.45) is -8.99. The number of nitrogens with zero attached hydrogens (tertiary/aromatic N) is 1. The van der Waals surface area contributed by atoms with Crippen LogP contribution in [0.4, 0.5) is 74.6 Å². The van der Waals surface area contributed by atoms with Gasteiger partial charge in [0, 0.05) is 13.1 Å². The summed E-state index contributed by atoms with van der Waals surface area (Å²) in [5, 5.41) is 0. The molecular formula is C14H12F17NO4S. The Balaban J connectivity index is 6.63. The van der Waals surface area contributed by atoms with Crippen LogP contribution in [0.25, 0.3) is 0 Å². The third-order valence-electron chi connectivity index (χ3n) is 4.49. The summed E-state index contributed by atoms with van der Waals surface area (Å²) in [4.78, 5) is 10.9. The number of halogens is 17. The second kappa shape index (κ2) is 9.74. The fraction of sp³-hybridized carbons (Fsp3) is 0.929. The van der Waals surface area contributed by atoms with Gasteiger partial charge in [-0.3, -0.25) is 9.35 Å². The van der Waals surface area contributed by atoms with E-state index in [2.05, 4.69) is 0 Å². The minimum Gasteiger partial charge on any atom is -0.338 e. The number of hydrogen-bond acceptors (Lipinski definition) is 3. The third kappa shape index (κ3) is 5.51. The van der Waals surface area contributed by atoms with Crippen molar-refractivity contribution in [3.63, 3.8) is 0 Å². The molecule has 222 valence electrons. The number of rotatable bonds is 12. The van der Waals surface area contributed by atoms with Gasteiger partial charge in [0.25, 0.3) is 16.0 Å². The van der Waals surface area contributed by atoms with Crippen LogP contribution in [0.2, 0.25) is 0 Å². The van der Waals surface area contributed by atoms with Crippen LogP contribution in [0.15, 0.2) is 0 Å². The summed E-state index contributed by atoms with van der Waals surface area (Å²) < 4.78 is 254. The molecule has 0 aromatic rings. The van der Waals surface area contributed by atoms with Crippen LogP contribution in [-0.4, -0.2) is 90.3 Å². The van der Waals surface area contributed by atoms with Crippen molar-refractivity contribution in [2.24, 2.45) is 0 Å². The minimum absolute atomic E-state index is 0.597. The highest BCUT2D eigenvalue weighted by atomic mass is 32.2. The molecule has 5 nitrogen and oxygen atoms in total. The van der Waals surface area contributed by atoms with Gasteiger partial charge in [-0.05, 0) is 13.3 Å². The lowest BCUT2D eigenvalue weighted by atomic mass is 9.88. The zero-order chi connectivity index (χ0) is 30.5. The zero-order valence-electron chi connectivity index (χ0n) is 17.3. The minimum atomic E-state index is -8.81. The average Bonchev–Trinajstić information content (AvgIpc) is 2.68. The van der Waals surface area contributed by atoms with E-state index >= 15 is 0 Å². The quantitative estimate of drug-likeness (QED) is 0.245. The lowest BCUT2D eigenvalue weighted by molar-refractivity contribution is -0.459. The van der Waals surface area contributed by atoms with Gasteiger partial charge in [0.05, 0.1) is 5.75 Å². The summed E-state index contributed by atoms with van der Waals surface area (Å²) in [5.41, 5.74) is 0. The monoisotopic (exact) mass is 613 g/mol. The molecule has 0 aliphatic rings. The first-order chi connectivity index (χ1) is 15.8. The van der Waals surface area contributed by atoms with Crippen LogP contribution in [0.3, 0.4) is 0 Å². The van der Waals surface area contributed by atoms with Crippen LogP contribution < -0.4 is 0 Å². The second-order valence-electron chi connectivity index (χ2n) is 7.04. The smallest absolute Gasteiger partial charge is 0.338 e. The first-order valence-electron chi connectivity index (χ1n) is 8.78. The summed E-state index contributed by atoms with van der Waals surface area (Å²) in [6.45, 7) is -2.08. The van der Waals surface area contributed by atoms with E-state index in [1.165, 1.54) is 0 Å². The fourth-order valence-electron chi connectivity index (χ4n) is 2.34. The Labute approximate surface area is 194 Å². The number of alkyl halides is 17. The molecule has 0 unspecified atom stereocenters. The van der Waals surface area contributed by atoms with Crippen LogP contribution in [0, 0.1) is 0 Å². The molecule has 0 aromatic heterocycles. The van der Waals surface area contributed by atoms with Crippen LogP contribution in [-0.2, 0) is 14.9 Å². The van der Waals surface area contributed by atoms with Crippen molar-refractivity contribution in [1.29, 1.82) is 0 Å². The molecule has 1 amide bonds. The molecule has 0 spiro atoms. The van der Waals surface area contributed by atoms with E-state index in [0.717, 1.165) is 0 Å². The molecule has 0 heterocycles. The summed E-state index contributed by atoms with van der Waals surface area (Å²) in [6, 6.07) is 0. The Bertz CT molecular complexity index is 944. The standard InChI is InChI=1S/C14H12F17NO4S/c1-2-32(4-3-5-37(34,35)36)6(33)7(15,16)8(17,18)9(19,20)10(21,22)11(23,24)12(25,26)13(27,28)14(29,30)31/h2-5H2,1H3,(H,34,35,36). The highest BCUT2D eigenvalue weighted by Gasteiger charge is 2.95. The van der Waals surface area contributed by atoms with Crippen molar-refractivity contribution in [1.82, 2.24) is 4.90 Å². The molecule has 0 fully saturated rings. The number of amides is 1. The Morgan fingerprint density at radius 3 is 1.27 bits per heavy atom. The molecule has 0 saturated carbocycles. The molecule has 0 saturated heterocycles. The topological polar surface area (TPSA) is 74.7 Å². The van der Waals surface area contributed by atoms with Crippen LogP contribution in [0.1, 0.15) is 13.3 Å². The lowest BCUT2D eigenvalue weighted by Crippen LogP contribution is -2.75. The molecule has 0 aliphatic carbocycles. The third-order valence-corrected chi connectivity index (χ3v) is 5.29. The Kier molecular flexibility index (Phi) is 9.26. The highest BCUT2D eigenvalue weighted by Crippen LogP contribution is 2.64. The van der Waals surface area contributed by atoms with E-state index in [1.54, 1.807) is 0 Å². The lowest BCUT2D eigenvalue weighted by Gasteiger charge is -2.43. The zero-order valence-corrected chi connectivity index (χ0v) is 18.1. The Hall–Kier alpha value is -1.81. The van der Waals surface area contributed by atoms with E-state index in [1.807, 2.05) is 0 Å². The molecule has 1 N–H and O–H groups in total. The van der Waals surface area contributed by atoms with Gasteiger partial charge < -0.3 is 4.90 Å². The molecule has 0 aliphatic heterocycles. The van der Waals surface area contributed by atoms with Gasteiger partial charge in [-0.2, -0.15) is 83.1 Å². The number of carbonyl (C=O) groups is 1. The van der Waals surface area contributed by atoms with Gasteiger partial charge in [0.1, 0.15) is 0 Å². The van der Waals surface area contributed by atoms with Crippen LogP contribution >= 0.6 is 0 Å². The van der Waals surface area contributed by atoms with Crippen molar-refractivity contribution in [2.75, 3.05) is 18.8 Å². The first-order valence-corrected chi connectivity index (χ1v) is 10.4. The highest BCUT2D eigenvalue weighted by molar-refractivity contribution is 7.85. The Morgan fingerprint density at radius 2 is 0.973 bits per heavy atom. The van der Waals surface area contributed by atoms with Gasteiger partial charge in [0.2, 0.25) is 0 Å². The molecular weight excluding hydrogens is 601 g/mol. The van der Waals surface area contributed by atoms with E-state index in [0.29, 0.717) is 6.92 Å². The number of carbonyl (C=O) groups excluding carboxylic acids is 1. The predicted molar refractivity (Wildman–Crippen MR) is 84.0 cm³/mol. The maximum Gasteiger partial charge on any atom is 0.460 e. The largest absolute Gasteiger partial charge is 0.460 e. The average molecular weight is 613 g/mol. The summed E-state index contributed by atoms with van der Waals surface area (Å²) in [5.74, 6) is -63.7. The van der Waals surface area contributed by atoms with E-state index in [9.17, 15) is 87.8 Å². The molecule has 37 heavy (non-hydrogen) atoms. The van der Waals surface area contributed by atoms with Gasteiger partial charge in [0.15, 0.2) is 0 Å². The Morgan fingerprint density at radius 1 is 0.649 bits per heavy atom. The van der Waals surface area contributed by atoms with Gasteiger partial charge in [-0.15, -0.1) is 0 Å². The van der Waals surface area contributed by atoms with Gasteiger partial charge >= 0.3 is 47.6 Å². The summed E-state index contributed by atoms with van der Waals surface area (Å²) >= 11 is 0. The molecule has 0 rings (SSSR count). The fourth-order valence-corrected chi connectivity index (χ4v) is 2.83. The summed E-state index contributed by atoms with van der Waals surface area (Å²) in [7, 11) is -4.90. The van der Waals surface area contributed by atoms with Crippen LogP contribution in [0.5, 0.6) is 0 Å². The SMILES string of the molecule is CCN(CCCS(=O)(=O)O)C(=O)C(F)(F)C(F)(F)C(F)(F)C(F)(F)C(F)(F)C(F)(F)C(F)(F)C(F)(F)F. The van der Waals surface area contributed by atoms with Crippen molar-refractivity contribution in [3.05, 3.63) is 0 Å². The molecule has 0 radical (unpaired) electrons. The van der Waals surface area contributed by atoms with E-state index in [-0.39, 0.29) is 0 Å². The van der Waals surface area contributed by atoms with E-state index < -0.39 is 93.8 Å². The molecule has 0 aromatic carbocycles.